The predicted octanol–water partition coefficient (Wildman–Crippen LogP) is 0.271. The van der Waals surface area contributed by atoms with Crippen molar-refractivity contribution in [3.63, 3.8) is 0 Å². The summed E-state index contributed by atoms with van der Waals surface area (Å²) in [5.74, 6) is 0.919. The van der Waals surface area contributed by atoms with Crippen LogP contribution in [0.5, 0.6) is 0 Å². The van der Waals surface area contributed by atoms with Crippen LogP contribution in [0.4, 0.5) is 0 Å². The van der Waals surface area contributed by atoms with E-state index < -0.39 is 0 Å². The molecule has 1 atom stereocenters. The van der Waals surface area contributed by atoms with E-state index in [-0.39, 0.29) is 11.9 Å². The van der Waals surface area contributed by atoms with Crippen molar-refractivity contribution in [2.75, 3.05) is 26.7 Å². The van der Waals surface area contributed by atoms with E-state index >= 15 is 0 Å². The molecule has 0 aliphatic carbocycles. The average Bonchev–Trinajstić information content (AvgIpc) is 2.76. The van der Waals surface area contributed by atoms with Crippen molar-refractivity contribution in [3.05, 3.63) is 24.2 Å². The van der Waals surface area contributed by atoms with Crippen LogP contribution >= 0.6 is 0 Å². The van der Waals surface area contributed by atoms with Crippen molar-refractivity contribution < 1.29 is 9.21 Å². The molecule has 2 N–H and O–H groups in total. The molecule has 1 aromatic rings. The predicted molar refractivity (Wildman–Crippen MR) is 64.2 cm³/mol. The summed E-state index contributed by atoms with van der Waals surface area (Å²) >= 11 is 0. The zero-order valence-electron chi connectivity index (χ0n) is 10.1. The third-order valence-electron chi connectivity index (χ3n) is 3.22. The first-order valence-electron chi connectivity index (χ1n) is 5.94. The number of carbonyl (C=O) groups excluding carboxylic acids is 1. The van der Waals surface area contributed by atoms with E-state index in [1.54, 1.807) is 6.26 Å². The van der Waals surface area contributed by atoms with E-state index in [1.807, 2.05) is 29.0 Å². The highest BCUT2D eigenvalue weighted by atomic mass is 16.3. The Kier molecular flexibility index (Phi) is 3.81. The molecule has 5 heteroatoms. The fraction of sp³-hybridized carbons (Fsp3) is 0.583. The van der Waals surface area contributed by atoms with Gasteiger partial charge in [-0.3, -0.25) is 9.69 Å². The number of furan rings is 1. The Labute approximate surface area is 101 Å². The molecule has 1 aliphatic rings. The first-order chi connectivity index (χ1) is 8.22. The van der Waals surface area contributed by atoms with E-state index in [0.29, 0.717) is 13.1 Å². The van der Waals surface area contributed by atoms with Crippen LogP contribution in [0.3, 0.4) is 0 Å². The zero-order valence-corrected chi connectivity index (χ0v) is 10.1. The van der Waals surface area contributed by atoms with Gasteiger partial charge in [-0.1, -0.05) is 0 Å². The number of hydrogen-bond donors (Lipinski definition) is 1. The van der Waals surface area contributed by atoms with Crippen molar-refractivity contribution in [2.24, 2.45) is 5.73 Å². The lowest BCUT2D eigenvalue weighted by atomic mass is 10.2. The lowest BCUT2D eigenvalue weighted by molar-refractivity contribution is -0.135. The van der Waals surface area contributed by atoms with Crippen LogP contribution in [0.25, 0.3) is 0 Å². The molecule has 94 valence electrons. The molecule has 2 heterocycles. The van der Waals surface area contributed by atoms with E-state index in [2.05, 4.69) is 0 Å². The monoisotopic (exact) mass is 237 g/mol. The molecule has 0 aromatic carbocycles. The summed E-state index contributed by atoms with van der Waals surface area (Å²) in [6.07, 6.45) is 2.60. The summed E-state index contributed by atoms with van der Waals surface area (Å²) in [6, 6.07) is 3.52. The normalized spacial score (nSPS) is 22.8. The first kappa shape index (κ1) is 12.1. The number of likely N-dealkylation sites (N-methyl/N-ethyl adjacent to an activating group) is 1. The highest BCUT2D eigenvalue weighted by molar-refractivity contribution is 5.82. The standard InChI is InChI=1S/C12H19N3O2/c1-14-5-3-6-15(12(16)11(14)8-13)9-10-4-2-7-17-10/h2,4,7,11H,3,5-6,8-9,13H2,1H3. The van der Waals surface area contributed by atoms with Crippen LogP contribution < -0.4 is 5.73 Å². The van der Waals surface area contributed by atoms with Crippen molar-refractivity contribution in [1.29, 1.82) is 0 Å². The van der Waals surface area contributed by atoms with Gasteiger partial charge >= 0.3 is 0 Å². The molecule has 0 bridgehead atoms. The smallest absolute Gasteiger partial charge is 0.241 e. The fourth-order valence-corrected chi connectivity index (χ4v) is 2.20. The van der Waals surface area contributed by atoms with Crippen LogP contribution in [0.1, 0.15) is 12.2 Å². The summed E-state index contributed by atoms with van der Waals surface area (Å²) in [5.41, 5.74) is 5.68. The molecule has 1 saturated heterocycles. The highest BCUT2D eigenvalue weighted by Gasteiger charge is 2.29. The molecular formula is C12H19N3O2. The number of amides is 1. The highest BCUT2D eigenvalue weighted by Crippen LogP contribution is 2.13. The molecule has 0 radical (unpaired) electrons. The number of nitrogens with two attached hydrogens (primary N) is 1. The maximum atomic E-state index is 12.3. The molecule has 1 amide bonds. The molecule has 17 heavy (non-hydrogen) atoms. The molecular weight excluding hydrogens is 218 g/mol. The van der Waals surface area contributed by atoms with Gasteiger partial charge in [0.25, 0.3) is 0 Å². The SMILES string of the molecule is CN1CCCN(Cc2ccco2)C(=O)C1CN. The third-order valence-corrected chi connectivity index (χ3v) is 3.22. The molecule has 0 saturated carbocycles. The maximum Gasteiger partial charge on any atom is 0.241 e. The Bertz CT molecular complexity index is 364. The maximum absolute atomic E-state index is 12.3. The summed E-state index contributed by atoms with van der Waals surface area (Å²) < 4.78 is 5.28. The minimum absolute atomic E-state index is 0.101. The minimum atomic E-state index is -0.201. The molecule has 1 fully saturated rings. The third kappa shape index (κ3) is 2.68. The van der Waals surface area contributed by atoms with E-state index in [9.17, 15) is 4.79 Å². The molecule has 1 aromatic heterocycles. The molecule has 5 nitrogen and oxygen atoms in total. The Balaban J connectivity index is 2.08. The number of carbonyl (C=O) groups is 1. The molecule has 1 unspecified atom stereocenters. The second-order valence-corrected chi connectivity index (χ2v) is 4.42. The summed E-state index contributed by atoms with van der Waals surface area (Å²) in [6.45, 7) is 2.57. The topological polar surface area (TPSA) is 62.7 Å². The van der Waals surface area contributed by atoms with Crippen LogP contribution in [0.2, 0.25) is 0 Å². The van der Waals surface area contributed by atoms with Crippen molar-refractivity contribution >= 4 is 5.91 Å². The van der Waals surface area contributed by atoms with Crippen molar-refractivity contribution in [1.82, 2.24) is 9.80 Å². The van der Waals surface area contributed by atoms with Gasteiger partial charge in [-0.2, -0.15) is 0 Å². The summed E-state index contributed by atoms with van der Waals surface area (Å²) in [7, 11) is 1.95. The largest absolute Gasteiger partial charge is 0.467 e. The van der Waals surface area contributed by atoms with E-state index in [1.165, 1.54) is 0 Å². The number of hydrogen-bond acceptors (Lipinski definition) is 4. The Hall–Kier alpha value is -1.33. The van der Waals surface area contributed by atoms with Crippen molar-refractivity contribution in [3.8, 4) is 0 Å². The lowest BCUT2D eigenvalue weighted by Gasteiger charge is -2.26. The quantitative estimate of drug-likeness (QED) is 0.819. The fourth-order valence-electron chi connectivity index (χ4n) is 2.20. The number of nitrogens with zero attached hydrogens (tertiary/aromatic N) is 2. The average molecular weight is 237 g/mol. The van der Waals surface area contributed by atoms with Gasteiger partial charge < -0.3 is 15.1 Å². The van der Waals surface area contributed by atoms with Crippen molar-refractivity contribution in [2.45, 2.75) is 19.0 Å². The van der Waals surface area contributed by atoms with Crippen LogP contribution in [0, 0.1) is 0 Å². The van der Waals surface area contributed by atoms with Gasteiger partial charge in [-0.05, 0) is 25.6 Å². The summed E-state index contributed by atoms with van der Waals surface area (Å²) in [5, 5.41) is 0. The first-order valence-corrected chi connectivity index (χ1v) is 5.94. The van der Waals surface area contributed by atoms with E-state index in [0.717, 1.165) is 25.3 Å². The van der Waals surface area contributed by atoms with Gasteiger partial charge in [0.2, 0.25) is 5.91 Å². The Morgan fingerprint density at radius 3 is 3.00 bits per heavy atom. The van der Waals surface area contributed by atoms with Gasteiger partial charge in [0.05, 0.1) is 12.8 Å². The molecule has 2 rings (SSSR count). The second-order valence-electron chi connectivity index (χ2n) is 4.42. The van der Waals surface area contributed by atoms with Gasteiger partial charge in [-0.25, -0.2) is 0 Å². The second kappa shape index (κ2) is 5.33. The minimum Gasteiger partial charge on any atom is -0.467 e. The van der Waals surface area contributed by atoms with Gasteiger partial charge in [0.1, 0.15) is 11.8 Å². The van der Waals surface area contributed by atoms with E-state index in [4.69, 9.17) is 10.2 Å². The van der Waals surface area contributed by atoms with Crippen LogP contribution in [-0.4, -0.2) is 48.4 Å². The summed E-state index contributed by atoms with van der Waals surface area (Å²) in [4.78, 5) is 16.1. The molecule has 0 spiro atoms. The van der Waals surface area contributed by atoms with Gasteiger partial charge in [0, 0.05) is 19.6 Å². The van der Waals surface area contributed by atoms with Gasteiger partial charge in [-0.15, -0.1) is 0 Å². The van der Waals surface area contributed by atoms with Crippen LogP contribution in [0.15, 0.2) is 22.8 Å². The number of rotatable bonds is 3. The van der Waals surface area contributed by atoms with Crippen LogP contribution in [-0.2, 0) is 11.3 Å². The Morgan fingerprint density at radius 1 is 1.53 bits per heavy atom. The zero-order chi connectivity index (χ0) is 12.3. The Morgan fingerprint density at radius 2 is 2.35 bits per heavy atom. The lowest BCUT2D eigenvalue weighted by Crippen LogP contribution is -2.48. The van der Waals surface area contributed by atoms with Gasteiger partial charge in [0.15, 0.2) is 0 Å². The molecule has 1 aliphatic heterocycles.